The summed E-state index contributed by atoms with van der Waals surface area (Å²) in [5.74, 6) is -2.16. The van der Waals surface area contributed by atoms with E-state index in [-0.39, 0.29) is 18.8 Å². The van der Waals surface area contributed by atoms with E-state index < -0.39 is 42.1 Å². The summed E-state index contributed by atoms with van der Waals surface area (Å²) in [6.45, 7) is 5.40. The highest BCUT2D eigenvalue weighted by molar-refractivity contribution is 6.03. The molecule has 0 aromatic rings. The number of imide groups is 2. The van der Waals surface area contributed by atoms with E-state index in [2.05, 4.69) is 0 Å². The lowest BCUT2D eigenvalue weighted by atomic mass is 10.0. The zero-order valence-corrected chi connectivity index (χ0v) is 17.3. The summed E-state index contributed by atoms with van der Waals surface area (Å²) in [5.41, 5.74) is 4.98. The fraction of sp³-hybridized carbons (Fsp3) is 0.706. The van der Waals surface area contributed by atoms with Crippen LogP contribution in [-0.4, -0.2) is 83.0 Å². The van der Waals surface area contributed by atoms with Gasteiger partial charge in [0.15, 0.2) is 0 Å². The van der Waals surface area contributed by atoms with Crippen LogP contribution in [0.3, 0.4) is 0 Å². The minimum atomic E-state index is -1.77. The summed E-state index contributed by atoms with van der Waals surface area (Å²) in [7, 11) is 3.67. The van der Waals surface area contributed by atoms with E-state index in [0.717, 1.165) is 16.8 Å². The second-order valence-electron chi connectivity index (χ2n) is 6.91. The Bertz CT molecular complexity index is 609. The molecule has 0 saturated heterocycles. The Balaban J connectivity index is 5.39. The van der Waals surface area contributed by atoms with Gasteiger partial charge in [0.25, 0.3) is 11.8 Å². The number of hydrogen-bond acceptors (Lipinski definition) is 6. The Morgan fingerprint density at radius 1 is 1.04 bits per heavy atom. The van der Waals surface area contributed by atoms with Gasteiger partial charge in [0, 0.05) is 27.6 Å². The van der Waals surface area contributed by atoms with Crippen LogP contribution in [0.5, 0.6) is 0 Å². The van der Waals surface area contributed by atoms with Crippen molar-refractivity contribution in [3.8, 4) is 0 Å². The van der Waals surface area contributed by atoms with Crippen molar-refractivity contribution >= 4 is 29.8 Å². The third kappa shape index (κ3) is 7.14. The maximum Gasteiger partial charge on any atom is 0.331 e. The molecular weight excluding hydrogens is 370 g/mol. The lowest BCUT2D eigenvalue weighted by molar-refractivity contribution is -0.160. The van der Waals surface area contributed by atoms with Crippen molar-refractivity contribution in [2.45, 2.75) is 52.3 Å². The van der Waals surface area contributed by atoms with Gasteiger partial charge < -0.3 is 20.6 Å². The summed E-state index contributed by atoms with van der Waals surface area (Å²) in [5, 5.41) is 12.2. The number of nitrogens with two attached hydrogens (primary N) is 1. The number of carbonyl (C=O) groups is 5. The van der Waals surface area contributed by atoms with Crippen molar-refractivity contribution < 1.29 is 29.1 Å². The van der Waals surface area contributed by atoms with Gasteiger partial charge in [-0.2, -0.15) is 0 Å². The monoisotopic (exact) mass is 401 g/mol. The van der Waals surface area contributed by atoms with Crippen LogP contribution in [0.25, 0.3) is 0 Å². The lowest BCUT2D eigenvalue weighted by Gasteiger charge is -2.32. The fourth-order valence-electron chi connectivity index (χ4n) is 2.29. The van der Waals surface area contributed by atoms with Crippen molar-refractivity contribution in [3.05, 3.63) is 0 Å². The summed E-state index contributed by atoms with van der Waals surface area (Å²) in [6, 6.07) is -3.20. The molecule has 7 amide bonds. The molecule has 0 bridgehead atoms. The van der Waals surface area contributed by atoms with Gasteiger partial charge in [-0.3, -0.25) is 19.7 Å². The normalized spacial score (nSPS) is 12.7. The Hall–Kier alpha value is -2.69. The average Bonchev–Trinajstić information content (AvgIpc) is 2.62. The number of aliphatic hydroxyl groups excluding tert-OH is 1. The molecule has 0 unspecified atom stereocenters. The fourth-order valence-corrected chi connectivity index (χ4v) is 2.29. The number of urea groups is 2. The van der Waals surface area contributed by atoms with Crippen molar-refractivity contribution in [3.63, 3.8) is 0 Å². The molecule has 11 heteroatoms. The number of amides is 7. The van der Waals surface area contributed by atoms with Gasteiger partial charge in [-0.25, -0.2) is 14.5 Å². The molecule has 11 nitrogen and oxygen atoms in total. The predicted octanol–water partition coefficient (Wildman–Crippen LogP) is -0.317. The van der Waals surface area contributed by atoms with Crippen molar-refractivity contribution in [2.75, 3.05) is 21.1 Å². The molecule has 0 aromatic heterocycles. The number of nitrogens with zero attached hydrogens (tertiary/aromatic N) is 3. The largest absolute Gasteiger partial charge is 0.365 e. The van der Waals surface area contributed by atoms with Crippen LogP contribution in [-0.2, 0) is 14.4 Å². The van der Waals surface area contributed by atoms with E-state index in [1.54, 1.807) is 6.92 Å². The Morgan fingerprint density at radius 3 is 2.00 bits per heavy atom. The van der Waals surface area contributed by atoms with Crippen molar-refractivity contribution in [2.24, 2.45) is 11.7 Å². The molecule has 0 saturated carbocycles. The highest BCUT2D eigenvalue weighted by Gasteiger charge is 2.35. The van der Waals surface area contributed by atoms with E-state index in [1.165, 1.54) is 14.1 Å². The van der Waals surface area contributed by atoms with E-state index in [4.69, 9.17) is 5.73 Å². The number of rotatable bonds is 8. The quantitative estimate of drug-likeness (QED) is 0.474. The highest BCUT2D eigenvalue weighted by Crippen LogP contribution is 2.13. The number of hydrogen-bond donors (Lipinski definition) is 3. The van der Waals surface area contributed by atoms with Crippen LogP contribution in [0.15, 0.2) is 0 Å². The minimum absolute atomic E-state index is 0.0356. The van der Waals surface area contributed by atoms with Crippen LogP contribution in [0.1, 0.15) is 40.0 Å². The zero-order valence-electron chi connectivity index (χ0n) is 17.3. The molecule has 0 aliphatic carbocycles. The van der Waals surface area contributed by atoms with E-state index in [1.807, 2.05) is 19.2 Å². The molecule has 160 valence electrons. The molecule has 2 atom stereocenters. The van der Waals surface area contributed by atoms with Gasteiger partial charge in [0.1, 0.15) is 6.04 Å². The van der Waals surface area contributed by atoms with Gasteiger partial charge in [0.05, 0.1) is 0 Å². The van der Waals surface area contributed by atoms with Crippen LogP contribution >= 0.6 is 0 Å². The van der Waals surface area contributed by atoms with E-state index >= 15 is 0 Å². The Morgan fingerprint density at radius 2 is 1.57 bits per heavy atom. The molecule has 4 N–H and O–H groups in total. The number of aliphatic hydroxyl groups is 1. The molecule has 0 aromatic carbocycles. The molecule has 0 radical (unpaired) electrons. The summed E-state index contributed by atoms with van der Waals surface area (Å²) >= 11 is 0. The van der Waals surface area contributed by atoms with Gasteiger partial charge in [0.2, 0.25) is 12.1 Å². The van der Waals surface area contributed by atoms with Crippen molar-refractivity contribution in [1.29, 1.82) is 0 Å². The highest BCUT2D eigenvalue weighted by atomic mass is 16.3. The molecule has 28 heavy (non-hydrogen) atoms. The molecular formula is C17H31N5O6. The molecule has 0 rings (SSSR count). The van der Waals surface area contributed by atoms with Gasteiger partial charge >= 0.3 is 12.1 Å². The van der Waals surface area contributed by atoms with Crippen LogP contribution in [0.2, 0.25) is 0 Å². The Labute approximate surface area is 164 Å². The standard InChI is InChI=1S/C17H31N5O6/c1-7-8-12(23)21(5)15(26)14(25)20(4)11(9-10(2)3)13(24)19-17(28)22(6)16(18)27/h10-11,15,26H,7-9H2,1-6H3,(H2,18,27)(H,19,24,28)/t11-,15+/m0/s1. The second kappa shape index (κ2) is 11.2. The van der Waals surface area contributed by atoms with Crippen LogP contribution in [0.4, 0.5) is 9.59 Å². The molecule has 0 aliphatic heterocycles. The molecule has 0 fully saturated rings. The predicted molar refractivity (Wildman–Crippen MR) is 101 cm³/mol. The zero-order chi connectivity index (χ0) is 22.2. The average molecular weight is 401 g/mol. The maximum absolute atomic E-state index is 12.6. The Kier molecular flexibility index (Phi) is 10.1. The SMILES string of the molecule is CCCC(=O)N(C)[C@H](O)C(=O)N(C)[C@@H](CC(C)C)C(=O)NC(=O)N(C)C(N)=O. The molecule has 0 spiro atoms. The van der Waals surface area contributed by atoms with Gasteiger partial charge in [-0.05, 0) is 18.8 Å². The third-order valence-corrected chi connectivity index (χ3v) is 4.12. The lowest BCUT2D eigenvalue weighted by Crippen LogP contribution is -2.57. The topological polar surface area (TPSA) is 153 Å². The van der Waals surface area contributed by atoms with Crippen LogP contribution in [0, 0.1) is 5.92 Å². The van der Waals surface area contributed by atoms with E-state index in [9.17, 15) is 29.1 Å². The minimum Gasteiger partial charge on any atom is -0.365 e. The molecule has 0 heterocycles. The maximum atomic E-state index is 12.6. The summed E-state index contributed by atoms with van der Waals surface area (Å²) in [6.07, 6.45) is -0.876. The van der Waals surface area contributed by atoms with Crippen molar-refractivity contribution in [1.82, 2.24) is 20.0 Å². The molecule has 0 aliphatic rings. The van der Waals surface area contributed by atoms with Crippen LogP contribution < -0.4 is 11.1 Å². The van der Waals surface area contributed by atoms with Gasteiger partial charge in [-0.1, -0.05) is 20.8 Å². The summed E-state index contributed by atoms with van der Waals surface area (Å²) in [4.78, 5) is 62.3. The smallest absolute Gasteiger partial charge is 0.331 e. The van der Waals surface area contributed by atoms with Gasteiger partial charge in [-0.15, -0.1) is 0 Å². The number of primary amides is 1. The first-order chi connectivity index (χ1) is 12.8. The first kappa shape index (κ1) is 25.3. The number of carbonyl (C=O) groups excluding carboxylic acids is 5. The summed E-state index contributed by atoms with van der Waals surface area (Å²) < 4.78 is 0. The first-order valence-electron chi connectivity index (χ1n) is 8.93. The first-order valence-corrected chi connectivity index (χ1v) is 8.93. The van der Waals surface area contributed by atoms with E-state index in [0.29, 0.717) is 11.3 Å². The number of likely N-dealkylation sites (N-methyl/N-ethyl adjacent to an activating group) is 2. The third-order valence-electron chi connectivity index (χ3n) is 4.12. The second-order valence-corrected chi connectivity index (χ2v) is 6.91. The number of nitrogens with one attached hydrogen (secondary N) is 1.